The molecule has 0 radical (unpaired) electrons. The quantitative estimate of drug-likeness (QED) is 0.567. The summed E-state index contributed by atoms with van der Waals surface area (Å²) in [6.45, 7) is 7.67. The summed E-state index contributed by atoms with van der Waals surface area (Å²) in [5.74, 6) is 1.75. The van der Waals surface area contributed by atoms with Crippen molar-refractivity contribution in [2.45, 2.75) is 39.8 Å². The fourth-order valence-electron chi connectivity index (χ4n) is 2.12. The van der Waals surface area contributed by atoms with Gasteiger partial charge in [0.15, 0.2) is 11.7 Å². The molecule has 1 aromatic carbocycles. The molecule has 0 aliphatic rings. The molecule has 1 aromatic heterocycles. The number of rotatable bonds is 8. The maximum Gasteiger partial charge on any atom is 0.191 e. The number of nitrogens with one attached hydrogen (secondary N) is 2. The standard InChI is InChI=1S/C18H25FN4O2/c1-4-15-10-17(25-23-15)12-22-18(20-5-2)21-11-13(3)24-16-8-6-14(19)7-9-16/h6-10,13H,4-5,11-12H2,1-3H3,(H2,20,21,22). The Balaban J connectivity index is 1.84. The smallest absolute Gasteiger partial charge is 0.191 e. The van der Waals surface area contributed by atoms with E-state index in [2.05, 4.69) is 20.8 Å². The fourth-order valence-corrected chi connectivity index (χ4v) is 2.12. The van der Waals surface area contributed by atoms with E-state index < -0.39 is 0 Å². The van der Waals surface area contributed by atoms with Gasteiger partial charge in [-0.2, -0.15) is 0 Å². The summed E-state index contributed by atoms with van der Waals surface area (Å²) in [6, 6.07) is 7.89. The van der Waals surface area contributed by atoms with Crippen LogP contribution in [0.2, 0.25) is 0 Å². The first-order valence-electron chi connectivity index (χ1n) is 8.49. The molecule has 0 spiro atoms. The summed E-state index contributed by atoms with van der Waals surface area (Å²) in [6.07, 6.45) is 0.732. The number of aromatic nitrogens is 1. The van der Waals surface area contributed by atoms with Crippen LogP contribution in [-0.4, -0.2) is 30.3 Å². The molecule has 6 nitrogen and oxygen atoms in total. The predicted octanol–water partition coefficient (Wildman–Crippen LogP) is 2.90. The number of aryl methyl sites for hydroxylation is 1. The van der Waals surface area contributed by atoms with Gasteiger partial charge < -0.3 is 19.9 Å². The molecule has 2 aromatic rings. The zero-order valence-electron chi connectivity index (χ0n) is 14.9. The summed E-state index contributed by atoms with van der Waals surface area (Å²) in [4.78, 5) is 4.48. The molecule has 0 saturated heterocycles. The van der Waals surface area contributed by atoms with Gasteiger partial charge in [-0.1, -0.05) is 12.1 Å². The molecule has 25 heavy (non-hydrogen) atoms. The Hall–Kier alpha value is -2.57. The second-order valence-electron chi connectivity index (χ2n) is 5.60. The van der Waals surface area contributed by atoms with Crippen LogP contribution in [0.5, 0.6) is 5.75 Å². The van der Waals surface area contributed by atoms with Gasteiger partial charge in [-0.05, 0) is 44.5 Å². The topological polar surface area (TPSA) is 71.7 Å². The molecule has 0 aliphatic carbocycles. The van der Waals surface area contributed by atoms with Crippen molar-refractivity contribution in [1.82, 2.24) is 15.8 Å². The Morgan fingerprint density at radius 3 is 2.68 bits per heavy atom. The number of hydrogen-bond acceptors (Lipinski definition) is 4. The highest BCUT2D eigenvalue weighted by Gasteiger charge is 2.07. The van der Waals surface area contributed by atoms with Crippen LogP contribution in [0.3, 0.4) is 0 Å². The minimum atomic E-state index is -0.279. The lowest BCUT2D eigenvalue weighted by molar-refractivity contribution is 0.223. The number of benzene rings is 1. The largest absolute Gasteiger partial charge is 0.489 e. The Labute approximate surface area is 147 Å². The van der Waals surface area contributed by atoms with Crippen molar-refractivity contribution < 1.29 is 13.7 Å². The lowest BCUT2D eigenvalue weighted by Gasteiger charge is -2.17. The molecule has 7 heteroatoms. The molecule has 0 amide bonds. The van der Waals surface area contributed by atoms with Crippen LogP contribution < -0.4 is 15.4 Å². The fraction of sp³-hybridized carbons (Fsp3) is 0.444. The van der Waals surface area contributed by atoms with E-state index in [1.165, 1.54) is 12.1 Å². The number of hydrogen-bond donors (Lipinski definition) is 2. The highest BCUT2D eigenvalue weighted by Crippen LogP contribution is 2.12. The zero-order chi connectivity index (χ0) is 18.1. The van der Waals surface area contributed by atoms with E-state index in [1.807, 2.05) is 26.8 Å². The molecule has 2 N–H and O–H groups in total. The van der Waals surface area contributed by atoms with Gasteiger partial charge in [0.1, 0.15) is 24.2 Å². The van der Waals surface area contributed by atoms with Crippen LogP contribution in [0, 0.1) is 5.82 Å². The van der Waals surface area contributed by atoms with E-state index in [4.69, 9.17) is 9.26 Å². The molecule has 0 fully saturated rings. The number of halogens is 1. The summed E-state index contributed by atoms with van der Waals surface area (Å²) in [7, 11) is 0. The van der Waals surface area contributed by atoms with Crippen LogP contribution in [0.4, 0.5) is 4.39 Å². The first kappa shape index (κ1) is 18.8. The highest BCUT2D eigenvalue weighted by atomic mass is 19.1. The maximum absolute atomic E-state index is 12.9. The summed E-state index contributed by atoms with van der Waals surface area (Å²) in [5.41, 5.74) is 0.921. The molecule has 0 bridgehead atoms. The first-order valence-corrected chi connectivity index (χ1v) is 8.49. The van der Waals surface area contributed by atoms with Crippen molar-refractivity contribution in [2.75, 3.05) is 13.1 Å². The van der Waals surface area contributed by atoms with E-state index in [0.29, 0.717) is 24.8 Å². The van der Waals surface area contributed by atoms with Crippen LogP contribution in [0.1, 0.15) is 32.2 Å². The molecule has 1 unspecified atom stereocenters. The summed E-state index contributed by atoms with van der Waals surface area (Å²) >= 11 is 0. The molecule has 1 heterocycles. The van der Waals surface area contributed by atoms with Crippen molar-refractivity contribution >= 4 is 5.96 Å². The van der Waals surface area contributed by atoms with Gasteiger partial charge >= 0.3 is 0 Å². The monoisotopic (exact) mass is 348 g/mol. The molecule has 1 atom stereocenters. The van der Waals surface area contributed by atoms with Gasteiger partial charge in [0.05, 0.1) is 12.2 Å². The van der Waals surface area contributed by atoms with Crippen molar-refractivity contribution in [3.05, 3.63) is 47.6 Å². The Kier molecular flexibility index (Phi) is 7.25. The Bertz CT molecular complexity index is 670. The SMILES string of the molecule is CCNC(=NCc1cc(CC)no1)NCC(C)Oc1ccc(F)cc1. The minimum absolute atomic E-state index is 0.105. The van der Waals surface area contributed by atoms with Gasteiger partial charge in [0.2, 0.25) is 0 Å². The molecular formula is C18H25FN4O2. The lowest BCUT2D eigenvalue weighted by atomic mass is 10.3. The molecule has 0 aliphatic heterocycles. The number of ether oxygens (including phenoxy) is 1. The van der Waals surface area contributed by atoms with Crippen LogP contribution in [-0.2, 0) is 13.0 Å². The molecule has 2 rings (SSSR count). The van der Waals surface area contributed by atoms with E-state index in [-0.39, 0.29) is 11.9 Å². The van der Waals surface area contributed by atoms with E-state index in [9.17, 15) is 4.39 Å². The zero-order valence-corrected chi connectivity index (χ0v) is 14.9. The second-order valence-corrected chi connectivity index (χ2v) is 5.60. The van der Waals surface area contributed by atoms with Crippen LogP contribution in [0.25, 0.3) is 0 Å². The average Bonchev–Trinajstić information content (AvgIpc) is 3.07. The lowest BCUT2D eigenvalue weighted by Crippen LogP contribution is -2.41. The van der Waals surface area contributed by atoms with E-state index in [1.54, 1.807) is 12.1 Å². The van der Waals surface area contributed by atoms with E-state index >= 15 is 0 Å². The van der Waals surface area contributed by atoms with Crippen LogP contribution in [0.15, 0.2) is 39.8 Å². The summed E-state index contributed by atoms with van der Waals surface area (Å²) < 4.78 is 23.9. The van der Waals surface area contributed by atoms with Gasteiger partial charge in [-0.3, -0.25) is 0 Å². The molecule has 136 valence electrons. The second kappa shape index (κ2) is 9.66. The number of guanidine groups is 1. The average molecular weight is 348 g/mol. The van der Waals surface area contributed by atoms with E-state index in [0.717, 1.165) is 24.4 Å². The normalized spacial score (nSPS) is 12.7. The van der Waals surface area contributed by atoms with Gasteiger partial charge in [-0.25, -0.2) is 9.38 Å². The number of nitrogens with zero attached hydrogens (tertiary/aromatic N) is 2. The minimum Gasteiger partial charge on any atom is -0.489 e. The first-order chi connectivity index (χ1) is 12.1. The third kappa shape index (κ3) is 6.45. The molecule has 0 saturated carbocycles. The third-order valence-electron chi connectivity index (χ3n) is 3.42. The third-order valence-corrected chi connectivity index (χ3v) is 3.42. The molecular weight excluding hydrogens is 323 g/mol. The Morgan fingerprint density at radius 2 is 2.04 bits per heavy atom. The van der Waals surface area contributed by atoms with Gasteiger partial charge in [-0.15, -0.1) is 0 Å². The predicted molar refractivity (Wildman–Crippen MR) is 95.2 cm³/mol. The number of aliphatic imine (C=N–C) groups is 1. The van der Waals surface area contributed by atoms with Crippen LogP contribution >= 0.6 is 0 Å². The van der Waals surface area contributed by atoms with Crippen molar-refractivity contribution in [3.8, 4) is 5.75 Å². The maximum atomic E-state index is 12.9. The summed E-state index contributed by atoms with van der Waals surface area (Å²) in [5, 5.41) is 10.3. The van der Waals surface area contributed by atoms with Gasteiger partial charge in [0, 0.05) is 12.6 Å². The van der Waals surface area contributed by atoms with Crippen molar-refractivity contribution in [3.63, 3.8) is 0 Å². The van der Waals surface area contributed by atoms with Gasteiger partial charge in [0.25, 0.3) is 0 Å². The Morgan fingerprint density at radius 1 is 1.28 bits per heavy atom. The van der Waals surface area contributed by atoms with Crippen molar-refractivity contribution in [1.29, 1.82) is 0 Å². The van der Waals surface area contributed by atoms with Crippen molar-refractivity contribution in [2.24, 2.45) is 4.99 Å². The highest BCUT2D eigenvalue weighted by molar-refractivity contribution is 5.79.